The molecule has 0 saturated heterocycles. The van der Waals surface area contributed by atoms with Gasteiger partial charge in [-0.15, -0.1) is 11.3 Å². The minimum absolute atomic E-state index is 0.147. The molecule has 0 aliphatic heterocycles. The molecule has 0 atom stereocenters. The lowest BCUT2D eigenvalue weighted by atomic mass is 10.5. The second-order valence-electron chi connectivity index (χ2n) is 1.91. The number of H-pyrrole nitrogens is 2. The van der Waals surface area contributed by atoms with Gasteiger partial charge in [0.15, 0.2) is 5.06 Å². The molecule has 2 aromatic rings. The van der Waals surface area contributed by atoms with Gasteiger partial charge >= 0.3 is 5.69 Å². The van der Waals surface area contributed by atoms with Crippen LogP contribution in [0.2, 0.25) is 0 Å². The summed E-state index contributed by atoms with van der Waals surface area (Å²) < 4.78 is 0. The smallest absolute Gasteiger partial charge is 0.323 e. The molecule has 3 N–H and O–H groups in total. The van der Waals surface area contributed by atoms with Crippen LogP contribution in [0.5, 0.6) is 5.06 Å². The van der Waals surface area contributed by atoms with Gasteiger partial charge in [0, 0.05) is 5.38 Å². The molecule has 10 heavy (non-hydrogen) atoms. The van der Waals surface area contributed by atoms with Gasteiger partial charge in [-0.1, -0.05) is 0 Å². The Morgan fingerprint density at radius 2 is 2.30 bits per heavy atom. The number of hydrogen-bond donors (Lipinski definition) is 3. The topological polar surface area (TPSA) is 68.9 Å². The molecule has 52 valence electrons. The van der Waals surface area contributed by atoms with E-state index in [1.165, 1.54) is 11.3 Å². The number of aromatic hydroxyl groups is 1. The second kappa shape index (κ2) is 1.63. The summed E-state index contributed by atoms with van der Waals surface area (Å²) in [5.41, 5.74) is 0.871. The zero-order valence-corrected chi connectivity index (χ0v) is 5.66. The molecule has 0 spiro atoms. The molecule has 2 aromatic heterocycles. The minimum Gasteiger partial charge on any atom is -0.498 e. The number of imidazole rings is 1. The summed E-state index contributed by atoms with van der Waals surface area (Å²) in [5, 5.41) is 10.9. The molecule has 2 rings (SSSR count). The van der Waals surface area contributed by atoms with Crippen LogP contribution in [0, 0.1) is 0 Å². The molecule has 0 bridgehead atoms. The highest BCUT2D eigenvalue weighted by molar-refractivity contribution is 7.13. The van der Waals surface area contributed by atoms with Crippen molar-refractivity contribution in [1.82, 2.24) is 9.97 Å². The average Bonchev–Trinajstić information content (AvgIpc) is 2.35. The molecule has 0 amide bonds. The third kappa shape index (κ3) is 0.577. The number of fused-ring (bicyclic) bond motifs is 1. The summed E-state index contributed by atoms with van der Waals surface area (Å²) in [6, 6.07) is 0. The highest BCUT2D eigenvalue weighted by Gasteiger charge is 2.03. The van der Waals surface area contributed by atoms with Crippen LogP contribution in [0.15, 0.2) is 10.2 Å². The summed E-state index contributed by atoms with van der Waals surface area (Å²) in [4.78, 5) is 15.6. The Morgan fingerprint density at radius 3 is 3.00 bits per heavy atom. The predicted molar refractivity (Wildman–Crippen MR) is 38.5 cm³/mol. The molecule has 4 nitrogen and oxygen atoms in total. The zero-order chi connectivity index (χ0) is 7.14. The van der Waals surface area contributed by atoms with Crippen LogP contribution < -0.4 is 5.69 Å². The lowest BCUT2D eigenvalue weighted by molar-refractivity contribution is 0.495. The molecular formula is C5H4N2O2S. The Balaban J connectivity index is 3.03. The van der Waals surface area contributed by atoms with E-state index in [4.69, 9.17) is 5.11 Å². The molecule has 5 heteroatoms. The van der Waals surface area contributed by atoms with Crippen molar-refractivity contribution in [2.75, 3.05) is 0 Å². The molecule has 0 aliphatic rings. The first-order valence-electron chi connectivity index (χ1n) is 2.66. The first kappa shape index (κ1) is 5.55. The Bertz CT molecular complexity index is 410. The average molecular weight is 156 g/mol. The summed E-state index contributed by atoms with van der Waals surface area (Å²) in [6.07, 6.45) is 0. The Labute approximate surface area is 59.1 Å². The van der Waals surface area contributed by atoms with Gasteiger partial charge in [0.2, 0.25) is 0 Å². The van der Waals surface area contributed by atoms with Crippen LogP contribution in [0.3, 0.4) is 0 Å². The maximum Gasteiger partial charge on any atom is 0.323 e. The third-order valence-electron chi connectivity index (χ3n) is 1.26. The van der Waals surface area contributed by atoms with Gasteiger partial charge in [-0.25, -0.2) is 4.79 Å². The van der Waals surface area contributed by atoms with Gasteiger partial charge in [-0.3, -0.25) is 0 Å². The summed E-state index contributed by atoms with van der Waals surface area (Å²) >= 11 is 1.19. The van der Waals surface area contributed by atoms with Crippen molar-refractivity contribution >= 4 is 22.4 Å². The van der Waals surface area contributed by atoms with Gasteiger partial charge in [0.05, 0.1) is 5.52 Å². The standard InChI is InChI=1S/C5H4N2O2S/c8-4-3-2(1-10-4)6-5(9)7-3/h1,8H,(H2,6,7,9). The number of aromatic nitrogens is 2. The zero-order valence-electron chi connectivity index (χ0n) is 4.84. The van der Waals surface area contributed by atoms with Gasteiger partial charge in [0.1, 0.15) is 5.52 Å². The quantitative estimate of drug-likeness (QED) is 0.523. The Kier molecular flexibility index (Phi) is 0.906. The fourth-order valence-corrected chi connectivity index (χ4v) is 1.51. The van der Waals surface area contributed by atoms with Crippen molar-refractivity contribution in [3.63, 3.8) is 0 Å². The fourth-order valence-electron chi connectivity index (χ4n) is 0.828. The van der Waals surface area contributed by atoms with Crippen molar-refractivity contribution in [2.24, 2.45) is 0 Å². The van der Waals surface area contributed by atoms with E-state index < -0.39 is 0 Å². The molecule has 0 unspecified atom stereocenters. The number of hydrogen-bond acceptors (Lipinski definition) is 3. The van der Waals surface area contributed by atoms with E-state index in [0.29, 0.717) is 11.0 Å². The van der Waals surface area contributed by atoms with Gasteiger partial charge in [-0.2, -0.15) is 0 Å². The van der Waals surface area contributed by atoms with E-state index in [1.54, 1.807) is 5.38 Å². The van der Waals surface area contributed by atoms with Crippen LogP contribution in [-0.2, 0) is 0 Å². The third-order valence-corrected chi connectivity index (χ3v) is 2.04. The van der Waals surface area contributed by atoms with E-state index in [2.05, 4.69) is 9.97 Å². The molecular weight excluding hydrogens is 152 g/mol. The second-order valence-corrected chi connectivity index (χ2v) is 2.77. The predicted octanol–water partition coefficient (Wildman–Crippen LogP) is 0.623. The lowest BCUT2D eigenvalue weighted by Crippen LogP contribution is -1.99. The van der Waals surface area contributed by atoms with Crippen LogP contribution in [0.4, 0.5) is 0 Å². The molecule has 0 aliphatic carbocycles. The fraction of sp³-hybridized carbons (Fsp3) is 0. The van der Waals surface area contributed by atoms with Crippen molar-refractivity contribution in [1.29, 1.82) is 0 Å². The summed E-state index contributed by atoms with van der Waals surface area (Å²) in [6.45, 7) is 0. The minimum atomic E-state index is -0.284. The van der Waals surface area contributed by atoms with Crippen LogP contribution in [-0.4, -0.2) is 15.1 Å². The number of aromatic amines is 2. The largest absolute Gasteiger partial charge is 0.498 e. The number of rotatable bonds is 0. The maximum absolute atomic E-state index is 10.6. The first-order valence-corrected chi connectivity index (χ1v) is 3.54. The van der Waals surface area contributed by atoms with Crippen LogP contribution in [0.25, 0.3) is 11.0 Å². The normalized spacial score (nSPS) is 10.8. The first-order chi connectivity index (χ1) is 4.77. The SMILES string of the molecule is O=c1[nH]c2csc(O)c2[nH]1. The van der Waals surface area contributed by atoms with E-state index in [0.717, 1.165) is 0 Å². The summed E-state index contributed by atoms with van der Waals surface area (Å²) in [5.74, 6) is 0. The highest BCUT2D eigenvalue weighted by Crippen LogP contribution is 2.27. The number of thiophene rings is 1. The molecule has 0 fully saturated rings. The van der Waals surface area contributed by atoms with E-state index >= 15 is 0 Å². The Morgan fingerprint density at radius 1 is 1.50 bits per heavy atom. The highest BCUT2D eigenvalue weighted by atomic mass is 32.1. The monoisotopic (exact) mass is 156 g/mol. The molecule has 0 radical (unpaired) electrons. The number of nitrogens with one attached hydrogen (secondary N) is 2. The Hall–Kier alpha value is -1.23. The van der Waals surface area contributed by atoms with Crippen molar-refractivity contribution in [3.8, 4) is 5.06 Å². The molecule has 0 saturated carbocycles. The van der Waals surface area contributed by atoms with E-state index in [-0.39, 0.29) is 10.8 Å². The molecule has 0 aromatic carbocycles. The van der Waals surface area contributed by atoms with Crippen molar-refractivity contribution < 1.29 is 5.11 Å². The van der Waals surface area contributed by atoms with Crippen molar-refractivity contribution in [3.05, 3.63) is 15.9 Å². The van der Waals surface area contributed by atoms with Gasteiger partial charge in [-0.05, 0) is 0 Å². The van der Waals surface area contributed by atoms with Crippen LogP contribution >= 0.6 is 11.3 Å². The van der Waals surface area contributed by atoms with E-state index in [9.17, 15) is 4.79 Å². The lowest BCUT2D eigenvalue weighted by Gasteiger charge is -1.76. The maximum atomic E-state index is 10.6. The molecule has 2 heterocycles. The summed E-state index contributed by atoms with van der Waals surface area (Å²) in [7, 11) is 0. The van der Waals surface area contributed by atoms with Gasteiger partial charge < -0.3 is 15.1 Å². The van der Waals surface area contributed by atoms with Gasteiger partial charge in [0.25, 0.3) is 0 Å². The van der Waals surface area contributed by atoms with Crippen LogP contribution in [0.1, 0.15) is 0 Å². The van der Waals surface area contributed by atoms with Crippen molar-refractivity contribution in [2.45, 2.75) is 0 Å². The van der Waals surface area contributed by atoms with E-state index in [1.807, 2.05) is 0 Å².